The zero-order chi connectivity index (χ0) is 20.4. The Morgan fingerprint density at radius 3 is 1.45 bits per heavy atom. The normalized spacial score (nSPS) is 13.5. The summed E-state index contributed by atoms with van der Waals surface area (Å²) in [4.78, 5) is 11.4. The van der Waals surface area contributed by atoms with E-state index in [0.29, 0.717) is 0 Å². The summed E-state index contributed by atoms with van der Waals surface area (Å²) in [6.07, 6.45) is 9.39. The van der Waals surface area contributed by atoms with Gasteiger partial charge in [0.1, 0.15) is 6.29 Å². The Labute approximate surface area is 174 Å². The summed E-state index contributed by atoms with van der Waals surface area (Å²) in [5.74, 6) is 0. The molecule has 4 bridgehead atoms. The molecule has 0 saturated heterocycles. The highest BCUT2D eigenvalue weighted by atomic mass is 16.1. The molecule has 1 aliphatic carbocycles. The van der Waals surface area contributed by atoms with E-state index in [0.717, 1.165) is 37.5 Å². The molecule has 3 aromatic rings. The van der Waals surface area contributed by atoms with E-state index >= 15 is 0 Å². The fourth-order valence-corrected chi connectivity index (χ4v) is 4.35. The van der Waals surface area contributed by atoms with Crippen LogP contribution in [-0.2, 0) is 25.7 Å². The molecule has 4 rings (SSSR count). The van der Waals surface area contributed by atoms with Crippen LogP contribution >= 0.6 is 0 Å². The van der Waals surface area contributed by atoms with Gasteiger partial charge in [0, 0.05) is 5.56 Å². The molecule has 0 aromatic heterocycles. The number of hydrogen-bond acceptors (Lipinski definition) is 1. The highest BCUT2D eigenvalue weighted by molar-refractivity contribution is 5.76. The molecule has 0 amide bonds. The van der Waals surface area contributed by atoms with Crippen molar-refractivity contribution < 1.29 is 4.79 Å². The van der Waals surface area contributed by atoms with Crippen molar-refractivity contribution in [3.05, 3.63) is 104 Å². The summed E-state index contributed by atoms with van der Waals surface area (Å²) in [6, 6.07) is 17.5. The van der Waals surface area contributed by atoms with Gasteiger partial charge in [-0.1, -0.05) is 54.1 Å². The summed E-state index contributed by atoms with van der Waals surface area (Å²) in [5.41, 5.74) is 12.9. The summed E-state index contributed by atoms with van der Waals surface area (Å²) in [7, 11) is 0. The van der Waals surface area contributed by atoms with Gasteiger partial charge in [-0.2, -0.15) is 0 Å². The number of aryl methyl sites for hydroxylation is 5. The number of carbonyl (C=O) groups is 1. The van der Waals surface area contributed by atoms with Crippen LogP contribution in [0.3, 0.4) is 0 Å². The van der Waals surface area contributed by atoms with Crippen LogP contribution in [0.2, 0.25) is 0 Å². The van der Waals surface area contributed by atoms with Crippen molar-refractivity contribution in [2.45, 2.75) is 46.5 Å². The van der Waals surface area contributed by atoms with Gasteiger partial charge in [-0.25, -0.2) is 0 Å². The zero-order valence-corrected chi connectivity index (χ0v) is 17.6. The van der Waals surface area contributed by atoms with E-state index in [4.69, 9.17) is 0 Å². The lowest BCUT2D eigenvalue weighted by atomic mass is 9.86. The van der Waals surface area contributed by atoms with Crippen LogP contribution in [-0.4, -0.2) is 6.29 Å². The van der Waals surface area contributed by atoms with Crippen LogP contribution < -0.4 is 0 Å². The zero-order valence-electron chi connectivity index (χ0n) is 17.6. The third kappa shape index (κ3) is 4.24. The molecule has 0 atom stereocenters. The first-order valence-corrected chi connectivity index (χ1v) is 10.5. The Morgan fingerprint density at radius 1 is 0.586 bits per heavy atom. The predicted octanol–water partition coefficient (Wildman–Crippen LogP) is 6.48. The van der Waals surface area contributed by atoms with Gasteiger partial charge in [-0.05, 0) is 103 Å². The Morgan fingerprint density at radius 2 is 1.00 bits per heavy atom. The fourth-order valence-electron chi connectivity index (χ4n) is 4.35. The molecule has 3 aromatic carbocycles. The smallest absolute Gasteiger partial charge is 0.150 e. The minimum Gasteiger partial charge on any atom is -0.298 e. The molecule has 0 fully saturated rings. The number of fused-ring (bicyclic) bond motifs is 4. The van der Waals surface area contributed by atoms with Crippen LogP contribution in [0.25, 0.3) is 12.2 Å². The average molecular weight is 381 g/mol. The monoisotopic (exact) mass is 380 g/mol. The van der Waals surface area contributed by atoms with Gasteiger partial charge in [0.05, 0.1) is 0 Å². The molecule has 0 unspecified atom stereocenters. The van der Waals surface area contributed by atoms with Gasteiger partial charge in [0.15, 0.2) is 0 Å². The van der Waals surface area contributed by atoms with E-state index in [1.807, 2.05) is 0 Å². The molecule has 0 N–H and O–H groups in total. The molecular formula is C28H28O. The first-order chi connectivity index (χ1) is 14.0. The second-order valence-electron chi connectivity index (χ2n) is 8.29. The molecule has 146 valence electrons. The first-order valence-electron chi connectivity index (χ1n) is 10.5. The van der Waals surface area contributed by atoms with E-state index in [-0.39, 0.29) is 0 Å². The van der Waals surface area contributed by atoms with Crippen molar-refractivity contribution in [3.63, 3.8) is 0 Å². The van der Waals surface area contributed by atoms with Crippen LogP contribution in [0.5, 0.6) is 0 Å². The Bertz CT molecular complexity index is 1030. The van der Waals surface area contributed by atoms with Crippen LogP contribution in [0.15, 0.2) is 48.5 Å². The van der Waals surface area contributed by atoms with E-state index in [2.05, 4.69) is 81.5 Å². The van der Waals surface area contributed by atoms with E-state index < -0.39 is 0 Å². The number of benzene rings is 3. The van der Waals surface area contributed by atoms with Crippen molar-refractivity contribution in [1.82, 2.24) is 0 Å². The summed E-state index contributed by atoms with van der Waals surface area (Å²) >= 11 is 0. The van der Waals surface area contributed by atoms with Crippen molar-refractivity contribution in [1.29, 1.82) is 0 Å². The quantitative estimate of drug-likeness (QED) is 0.375. The summed E-state index contributed by atoms with van der Waals surface area (Å²) in [6.45, 7) is 6.58. The van der Waals surface area contributed by atoms with Crippen molar-refractivity contribution >= 4 is 18.4 Å². The Hall–Kier alpha value is -2.93. The Balaban J connectivity index is 1.68. The fraction of sp³-hybridized carbons (Fsp3) is 0.250. The van der Waals surface area contributed by atoms with Gasteiger partial charge in [-0.15, -0.1) is 0 Å². The van der Waals surface area contributed by atoms with E-state index in [9.17, 15) is 4.79 Å². The second kappa shape index (κ2) is 8.21. The topological polar surface area (TPSA) is 17.1 Å². The highest BCUT2D eigenvalue weighted by Gasteiger charge is 2.14. The SMILES string of the molecule is Cc1ccc(/C=C\c2cc3c(C)c(c2)CCc2cc(C=O)cc(c2C)CC3)cc1. The van der Waals surface area contributed by atoms with Crippen LogP contribution in [0.4, 0.5) is 0 Å². The molecule has 1 nitrogen and oxygen atoms in total. The minimum absolute atomic E-state index is 0.809. The molecule has 1 heteroatoms. The molecule has 0 spiro atoms. The number of aldehydes is 1. The number of rotatable bonds is 3. The van der Waals surface area contributed by atoms with Crippen molar-refractivity contribution in [2.75, 3.05) is 0 Å². The van der Waals surface area contributed by atoms with Gasteiger partial charge < -0.3 is 0 Å². The van der Waals surface area contributed by atoms with Gasteiger partial charge >= 0.3 is 0 Å². The molecule has 29 heavy (non-hydrogen) atoms. The lowest BCUT2D eigenvalue weighted by molar-refractivity contribution is 0.112. The maximum absolute atomic E-state index is 11.4. The molecule has 0 aliphatic heterocycles. The molecule has 1 aliphatic rings. The van der Waals surface area contributed by atoms with E-state index in [1.165, 1.54) is 50.1 Å². The molecule has 0 radical (unpaired) electrons. The van der Waals surface area contributed by atoms with Gasteiger partial charge in [-0.3, -0.25) is 4.79 Å². The maximum Gasteiger partial charge on any atom is 0.150 e. The third-order valence-electron chi connectivity index (χ3n) is 6.30. The lowest BCUT2D eigenvalue weighted by Gasteiger charge is -2.19. The standard InChI is InChI=1S/C28H28O/c1-19-4-6-22(7-5-19)8-9-23-14-25-10-12-27-16-24(18-29)17-28(21(27)3)13-11-26(15-23)20(25)2/h4-9,14-18H,10-13H2,1-3H3/b9-8-. The minimum atomic E-state index is 0.809. The van der Waals surface area contributed by atoms with Crippen LogP contribution in [0.1, 0.15) is 60.4 Å². The first kappa shape index (κ1) is 19.4. The Kier molecular flexibility index (Phi) is 5.49. The highest BCUT2D eigenvalue weighted by Crippen LogP contribution is 2.27. The second-order valence-corrected chi connectivity index (χ2v) is 8.29. The van der Waals surface area contributed by atoms with E-state index in [1.54, 1.807) is 0 Å². The average Bonchev–Trinajstić information content (AvgIpc) is 2.73. The van der Waals surface area contributed by atoms with Gasteiger partial charge in [0.2, 0.25) is 0 Å². The predicted molar refractivity (Wildman–Crippen MR) is 123 cm³/mol. The van der Waals surface area contributed by atoms with Crippen molar-refractivity contribution in [2.24, 2.45) is 0 Å². The number of carbonyl (C=O) groups excluding carboxylic acids is 1. The summed E-state index contributed by atoms with van der Waals surface area (Å²) in [5, 5.41) is 0. The molecule has 0 saturated carbocycles. The van der Waals surface area contributed by atoms with Crippen LogP contribution in [0, 0.1) is 20.8 Å². The largest absolute Gasteiger partial charge is 0.298 e. The molecular weight excluding hydrogens is 352 g/mol. The van der Waals surface area contributed by atoms with Crippen molar-refractivity contribution in [3.8, 4) is 0 Å². The van der Waals surface area contributed by atoms with Gasteiger partial charge in [0.25, 0.3) is 0 Å². The summed E-state index contributed by atoms with van der Waals surface area (Å²) < 4.78 is 0. The molecule has 0 heterocycles. The maximum atomic E-state index is 11.4. The third-order valence-corrected chi connectivity index (χ3v) is 6.30. The number of hydrogen-bond donors (Lipinski definition) is 0. The lowest BCUT2D eigenvalue weighted by Crippen LogP contribution is -2.07.